The molecule has 0 saturated heterocycles. The fourth-order valence-electron chi connectivity index (χ4n) is 7.79. The number of hydrogen-bond donors (Lipinski definition) is 0. The van der Waals surface area contributed by atoms with Gasteiger partial charge in [0.25, 0.3) is 0 Å². The van der Waals surface area contributed by atoms with E-state index in [0.29, 0.717) is 5.41 Å². The summed E-state index contributed by atoms with van der Waals surface area (Å²) in [7, 11) is 0. The maximum Gasteiger partial charge on any atom is -0.00853 e. The Morgan fingerprint density at radius 3 is 2.68 bits per heavy atom. The third kappa shape index (κ3) is 3.37. The number of fused-ring (bicyclic) bond motifs is 5. The predicted molar refractivity (Wildman–Crippen MR) is 108 cm³/mol. The second-order valence-corrected chi connectivity index (χ2v) is 10.8. The highest BCUT2D eigenvalue weighted by molar-refractivity contribution is 5.23. The molecule has 4 aliphatic carbocycles. The van der Waals surface area contributed by atoms with Gasteiger partial charge in [-0.05, 0) is 92.3 Å². The van der Waals surface area contributed by atoms with E-state index in [-0.39, 0.29) is 0 Å². The molecule has 0 amide bonds. The third-order valence-corrected chi connectivity index (χ3v) is 9.09. The van der Waals surface area contributed by atoms with Gasteiger partial charge in [-0.3, -0.25) is 0 Å². The fourth-order valence-corrected chi connectivity index (χ4v) is 7.79. The van der Waals surface area contributed by atoms with Crippen molar-refractivity contribution in [1.82, 2.24) is 0 Å². The summed E-state index contributed by atoms with van der Waals surface area (Å²) in [5.41, 5.74) is 2.48. The molecule has 6 unspecified atom stereocenters. The van der Waals surface area contributed by atoms with Crippen LogP contribution < -0.4 is 0 Å². The molecule has 0 nitrogen and oxygen atoms in total. The number of unbranched alkanes of at least 4 members (excludes halogenated alkanes) is 1. The Balaban J connectivity index is 1.39. The van der Waals surface area contributed by atoms with Gasteiger partial charge in [0, 0.05) is 0 Å². The smallest absolute Gasteiger partial charge is 0.00853 e. The van der Waals surface area contributed by atoms with E-state index in [4.69, 9.17) is 0 Å². The number of rotatable bonds is 5. The first kappa shape index (κ1) is 18.1. The molecule has 0 aromatic carbocycles. The van der Waals surface area contributed by atoms with Gasteiger partial charge < -0.3 is 0 Å². The molecule has 0 spiro atoms. The van der Waals surface area contributed by atoms with Crippen molar-refractivity contribution in [1.29, 1.82) is 0 Å². The molecule has 3 fully saturated rings. The van der Waals surface area contributed by atoms with Gasteiger partial charge in [-0.15, -0.1) is 0 Å². The van der Waals surface area contributed by atoms with Crippen LogP contribution in [0.2, 0.25) is 0 Å². The van der Waals surface area contributed by atoms with Gasteiger partial charge in [0.05, 0.1) is 0 Å². The maximum absolute atomic E-state index is 2.73. The Labute approximate surface area is 157 Å². The van der Waals surface area contributed by atoms with Gasteiger partial charge in [0.1, 0.15) is 0 Å². The predicted octanol–water partition coefficient (Wildman–Crippen LogP) is 7.78. The SMILES string of the molecule is CC(C)CCCCC1CCC2C1CCC1C2CC=C2CCCCC21C. The first-order valence-corrected chi connectivity index (χ1v) is 11.8. The minimum Gasteiger partial charge on any atom is -0.0845 e. The number of hydrogen-bond acceptors (Lipinski definition) is 0. The molecule has 0 radical (unpaired) electrons. The Hall–Kier alpha value is -0.260. The van der Waals surface area contributed by atoms with Crippen LogP contribution in [0.3, 0.4) is 0 Å². The van der Waals surface area contributed by atoms with Crippen LogP contribution in [-0.4, -0.2) is 0 Å². The molecule has 25 heavy (non-hydrogen) atoms. The van der Waals surface area contributed by atoms with Crippen molar-refractivity contribution in [3.63, 3.8) is 0 Å². The van der Waals surface area contributed by atoms with Crippen LogP contribution in [0, 0.1) is 40.9 Å². The van der Waals surface area contributed by atoms with Gasteiger partial charge >= 0.3 is 0 Å². The van der Waals surface area contributed by atoms with E-state index in [1.807, 2.05) is 5.57 Å². The number of allylic oxidation sites excluding steroid dienone is 2. The average Bonchev–Trinajstić information content (AvgIpc) is 3.01. The van der Waals surface area contributed by atoms with Crippen LogP contribution in [0.1, 0.15) is 104 Å². The minimum absolute atomic E-state index is 0.599. The van der Waals surface area contributed by atoms with Crippen LogP contribution in [0.5, 0.6) is 0 Å². The quantitative estimate of drug-likeness (QED) is 0.353. The standard InChI is InChI=1S/C25H42/c1-18(2)8-4-5-9-19-11-13-22-21(19)15-16-24-23(22)14-12-20-10-6-7-17-25(20,24)3/h12,18-19,21-24H,4-11,13-17H2,1-3H3. The van der Waals surface area contributed by atoms with Crippen molar-refractivity contribution >= 4 is 0 Å². The van der Waals surface area contributed by atoms with Crippen molar-refractivity contribution in [3.05, 3.63) is 11.6 Å². The summed E-state index contributed by atoms with van der Waals surface area (Å²) in [5.74, 6) is 6.25. The van der Waals surface area contributed by atoms with Gasteiger partial charge in [-0.25, -0.2) is 0 Å². The van der Waals surface area contributed by atoms with Crippen molar-refractivity contribution < 1.29 is 0 Å². The minimum atomic E-state index is 0.599. The fraction of sp³-hybridized carbons (Fsp3) is 0.920. The van der Waals surface area contributed by atoms with Crippen molar-refractivity contribution in [2.24, 2.45) is 40.9 Å². The normalized spacial score (nSPS) is 43.4. The molecular weight excluding hydrogens is 300 g/mol. The Morgan fingerprint density at radius 2 is 1.84 bits per heavy atom. The first-order chi connectivity index (χ1) is 12.1. The van der Waals surface area contributed by atoms with E-state index in [2.05, 4.69) is 26.8 Å². The Morgan fingerprint density at radius 1 is 1.00 bits per heavy atom. The van der Waals surface area contributed by atoms with E-state index in [1.54, 1.807) is 32.1 Å². The second kappa shape index (κ2) is 7.40. The highest BCUT2D eigenvalue weighted by Gasteiger charge is 2.53. The Bertz CT molecular complexity index is 486. The van der Waals surface area contributed by atoms with E-state index in [9.17, 15) is 0 Å². The van der Waals surface area contributed by atoms with E-state index < -0.39 is 0 Å². The molecule has 0 bridgehead atoms. The van der Waals surface area contributed by atoms with Gasteiger partial charge in [0.2, 0.25) is 0 Å². The molecule has 0 heterocycles. The maximum atomic E-state index is 2.73. The van der Waals surface area contributed by atoms with Crippen LogP contribution in [0.25, 0.3) is 0 Å². The van der Waals surface area contributed by atoms with E-state index in [1.165, 1.54) is 51.4 Å². The van der Waals surface area contributed by atoms with Gasteiger partial charge in [-0.2, -0.15) is 0 Å². The van der Waals surface area contributed by atoms with Crippen LogP contribution in [-0.2, 0) is 0 Å². The molecule has 4 aliphatic rings. The highest BCUT2D eigenvalue weighted by Crippen LogP contribution is 2.62. The zero-order valence-corrected chi connectivity index (χ0v) is 17.2. The largest absolute Gasteiger partial charge is 0.0845 e. The first-order valence-electron chi connectivity index (χ1n) is 11.8. The lowest BCUT2D eigenvalue weighted by Crippen LogP contribution is -2.46. The van der Waals surface area contributed by atoms with Crippen LogP contribution in [0.4, 0.5) is 0 Å². The molecular formula is C25H42. The molecule has 0 N–H and O–H groups in total. The molecule has 3 saturated carbocycles. The van der Waals surface area contributed by atoms with E-state index in [0.717, 1.165) is 35.5 Å². The summed E-state index contributed by atoms with van der Waals surface area (Å²) in [4.78, 5) is 0. The average molecular weight is 343 g/mol. The molecule has 0 aromatic rings. The summed E-state index contributed by atoms with van der Waals surface area (Å²) in [5, 5.41) is 0. The highest BCUT2D eigenvalue weighted by atomic mass is 14.6. The van der Waals surface area contributed by atoms with E-state index >= 15 is 0 Å². The molecule has 4 rings (SSSR count). The van der Waals surface area contributed by atoms with Crippen LogP contribution >= 0.6 is 0 Å². The lowest BCUT2D eigenvalue weighted by Gasteiger charge is -2.55. The van der Waals surface area contributed by atoms with Crippen molar-refractivity contribution in [2.75, 3.05) is 0 Å². The lowest BCUT2D eigenvalue weighted by atomic mass is 9.50. The molecule has 142 valence electrons. The monoisotopic (exact) mass is 342 g/mol. The zero-order valence-electron chi connectivity index (χ0n) is 17.2. The second-order valence-electron chi connectivity index (χ2n) is 10.8. The van der Waals surface area contributed by atoms with Gasteiger partial charge in [-0.1, -0.05) is 64.5 Å². The summed E-state index contributed by atoms with van der Waals surface area (Å²) in [6.07, 6.45) is 22.3. The lowest BCUT2D eigenvalue weighted by molar-refractivity contribution is 0.00493. The van der Waals surface area contributed by atoms with Crippen LogP contribution in [0.15, 0.2) is 11.6 Å². The van der Waals surface area contributed by atoms with Crippen molar-refractivity contribution in [3.8, 4) is 0 Å². The summed E-state index contributed by atoms with van der Waals surface area (Å²) < 4.78 is 0. The summed E-state index contributed by atoms with van der Waals surface area (Å²) in [6.45, 7) is 7.42. The topological polar surface area (TPSA) is 0 Å². The molecule has 0 aromatic heterocycles. The third-order valence-electron chi connectivity index (χ3n) is 9.09. The molecule has 0 aliphatic heterocycles. The van der Waals surface area contributed by atoms with Gasteiger partial charge in [0.15, 0.2) is 0 Å². The summed E-state index contributed by atoms with van der Waals surface area (Å²) in [6, 6.07) is 0. The molecule has 0 heteroatoms. The van der Waals surface area contributed by atoms with Crippen molar-refractivity contribution in [2.45, 2.75) is 104 Å². The summed E-state index contributed by atoms with van der Waals surface area (Å²) >= 11 is 0. The Kier molecular flexibility index (Phi) is 5.36. The zero-order chi connectivity index (χ0) is 17.4. The molecule has 6 atom stereocenters.